The molecule has 0 atom stereocenters. The largest absolute Gasteiger partial charge is 0.343 e. The number of aromatic nitrogens is 1. The fourth-order valence-corrected chi connectivity index (χ4v) is 3.58. The van der Waals surface area contributed by atoms with E-state index in [-0.39, 0.29) is 0 Å². The van der Waals surface area contributed by atoms with Crippen LogP contribution in [0.4, 0.5) is 0 Å². The van der Waals surface area contributed by atoms with Crippen molar-refractivity contribution in [2.45, 2.75) is 0 Å². The van der Waals surface area contributed by atoms with Gasteiger partial charge in [0.25, 0.3) is 0 Å². The summed E-state index contributed by atoms with van der Waals surface area (Å²) in [7, 11) is 1.99. The number of carbonyl (C=O) groups excluding carboxylic acids is 1. The van der Waals surface area contributed by atoms with Crippen molar-refractivity contribution in [1.29, 1.82) is 0 Å². The van der Waals surface area contributed by atoms with Crippen molar-refractivity contribution < 1.29 is 4.79 Å². The maximum absolute atomic E-state index is 11.8. The molecular formula is C20H14ClNO. The van der Waals surface area contributed by atoms with E-state index >= 15 is 0 Å². The molecule has 2 nitrogen and oxygen atoms in total. The van der Waals surface area contributed by atoms with Crippen molar-refractivity contribution in [3.8, 4) is 11.3 Å². The van der Waals surface area contributed by atoms with Crippen LogP contribution in [0.25, 0.3) is 32.9 Å². The molecule has 0 unspecified atom stereocenters. The number of rotatable bonds is 2. The number of para-hydroxylation sites is 1. The summed E-state index contributed by atoms with van der Waals surface area (Å²) in [6.07, 6.45) is 0.945. The monoisotopic (exact) mass is 319 g/mol. The van der Waals surface area contributed by atoms with E-state index in [1.165, 1.54) is 0 Å². The molecule has 0 amide bonds. The van der Waals surface area contributed by atoms with Crippen molar-refractivity contribution in [2.24, 2.45) is 7.05 Å². The van der Waals surface area contributed by atoms with Crippen LogP contribution in [0.3, 0.4) is 0 Å². The normalized spacial score (nSPS) is 11.2. The average molecular weight is 320 g/mol. The zero-order valence-corrected chi connectivity index (χ0v) is 13.3. The molecule has 0 aliphatic rings. The number of halogens is 1. The maximum Gasteiger partial charge on any atom is 0.152 e. The van der Waals surface area contributed by atoms with E-state index in [1.54, 1.807) is 0 Å². The topological polar surface area (TPSA) is 22.0 Å². The molecule has 4 aromatic rings. The molecule has 0 radical (unpaired) electrons. The summed E-state index contributed by atoms with van der Waals surface area (Å²) < 4.78 is 2.08. The Hall–Kier alpha value is -2.58. The summed E-state index contributed by atoms with van der Waals surface area (Å²) >= 11 is 6.33. The number of hydrogen-bond acceptors (Lipinski definition) is 1. The molecule has 0 aliphatic carbocycles. The van der Waals surface area contributed by atoms with Crippen molar-refractivity contribution in [2.75, 3.05) is 0 Å². The predicted molar refractivity (Wildman–Crippen MR) is 96.3 cm³/mol. The fraction of sp³-hybridized carbons (Fsp3) is 0.0500. The first kappa shape index (κ1) is 14.0. The van der Waals surface area contributed by atoms with E-state index in [2.05, 4.69) is 4.57 Å². The molecule has 3 heteroatoms. The van der Waals surface area contributed by atoms with Crippen LogP contribution in [0.5, 0.6) is 0 Å². The summed E-state index contributed by atoms with van der Waals surface area (Å²) in [5.74, 6) is 0. The lowest BCUT2D eigenvalue weighted by atomic mass is 9.99. The highest BCUT2D eigenvalue weighted by molar-refractivity contribution is 6.36. The Bertz CT molecular complexity index is 1060. The molecule has 3 aromatic carbocycles. The minimum Gasteiger partial charge on any atom is -0.343 e. The summed E-state index contributed by atoms with van der Waals surface area (Å²) in [4.78, 5) is 11.8. The number of aryl methyl sites for hydroxylation is 1. The van der Waals surface area contributed by atoms with Gasteiger partial charge in [-0.25, -0.2) is 0 Å². The van der Waals surface area contributed by atoms with E-state index in [0.29, 0.717) is 0 Å². The minimum atomic E-state index is 0.718. The Labute approximate surface area is 138 Å². The van der Waals surface area contributed by atoms with Gasteiger partial charge in [-0.3, -0.25) is 4.79 Å². The molecule has 0 saturated heterocycles. The molecule has 0 N–H and O–H groups in total. The molecule has 0 aliphatic heterocycles. The van der Waals surface area contributed by atoms with Gasteiger partial charge in [0, 0.05) is 39.5 Å². The minimum absolute atomic E-state index is 0.718. The molecule has 0 fully saturated rings. The number of benzene rings is 3. The van der Waals surface area contributed by atoms with E-state index in [0.717, 1.165) is 49.8 Å². The second-order valence-corrected chi connectivity index (χ2v) is 6.00. The van der Waals surface area contributed by atoms with Crippen molar-refractivity contribution in [3.63, 3.8) is 0 Å². The number of aldehydes is 1. The highest BCUT2D eigenvalue weighted by Crippen LogP contribution is 2.37. The van der Waals surface area contributed by atoms with Gasteiger partial charge in [0.15, 0.2) is 6.29 Å². The van der Waals surface area contributed by atoms with Crippen LogP contribution in [-0.2, 0) is 7.05 Å². The van der Waals surface area contributed by atoms with Gasteiger partial charge in [0.1, 0.15) is 0 Å². The van der Waals surface area contributed by atoms with Gasteiger partial charge in [-0.1, -0.05) is 60.1 Å². The van der Waals surface area contributed by atoms with E-state index in [9.17, 15) is 4.79 Å². The Morgan fingerprint density at radius 3 is 2.39 bits per heavy atom. The molecule has 23 heavy (non-hydrogen) atoms. The van der Waals surface area contributed by atoms with E-state index in [1.807, 2.05) is 67.7 Å². The van der Waals surface area contributed by atoms with Crippen molar-refractivity contribution >= 4 is 39.6 Å². The van der Waals surface area contributed by atoms with Crippen LogP contribution in [0, 0.1) is 0 Å². The molecule has 0 saturated carbocycles. The first-order chi connectivity index (χ1) is 11.2. The zero-order chi connectivity index (χ0) is 16.0. The third-order valence-electron chi connectivity index (χ3n) is 4.39. The molecule has 0 spiro atoms. The molecule has 112 valence electrons. The van der Waals surface area contributed by atoms with Crippen LogP contribution in [0.1, 0.15) is 10.4 Å². The van der Waals surface area contributed by atoms with Gasteiger partial charge in [-0.05, 0) is 17.5 Å². The van der Waals surface area contributed by atoms with Gasteiger partial charge in [0.2, 0.25) is 0 Å². The maximum atomic E-state index is 11.8. The quantitative estimate of drug-likeness (QED) is 0.449. The number of carbonyl (C=O) groups is 1. The predicted octanol–water partition coefficient (Wildman–Crippen LogP) is 5.46. The molecule has 0 bridgehead atoms. The van der Waals surface area contributed by atoms with Crippen LogP contribution in [0.15, 0.2) is 60.7 Å². The fourth-order valence-electron chi connectivity index (χ4n) is 3.35. The Kier molecular flexibility index (Phi) is 3.21. The average Bonchev–Trinajstić information content (AvgIpc) is 2.87. The first-order valence-electron chi connectivity index (χ1n) is 7.42. The van der Waals surface area contributed by atoms with Crippen LogP contribution in [0.2, 0.25) is 5.02 Å². The van der Waals surface area contributed by atoms with Crippen molar-refractivity contribution in [3.05, 3.63) is 71.2 Å². The SMILES string of the molecule is Cn1c(-c2cccc3c(Cl)cccc23)c(C=O)c2ccccc21. The summed E-state index contributed by atoms with van der Waals surface area (Å²) in [5, 5.41) is 3.73. The van der Waals surface area contributed by atoms with E-state index in [4.69, 9.17) is 11.6 Å². The van der Waals surface area contributed by atoms with E-state index < -0.39 is 0 Å². The molecule has 1 heterocycles. The molecular weight excluding hydrogens is 306 g/mol. The second kappa shape index (κ2) is 5.25. The standard InChI is InChI=1S/C20H14ClNO/c1-22-19-11-3-2-6-15(19)17(12-23)20(22)16-9-4-8-14-13(16)7-5-10-18(14)21/h2-12H,1H3. The zero-order valence-electron chi connectivity index (χ0n) is 12.6. The van der Waals surface area contributed by atoms with Gasteiger partial charge in [-0.2, -0.15) is 0 Å². The molecule has 1 aromatic heterocycles. The second-order valence-electron chi connectivity index (χ2n) is 5.60. The Morgan fingerprint density at radius 1 is 0.870 bits per heavy atom. The van der Waals surface area contributed by atoms with Gasteiger partial charge in [-0.15, -0.1) is 0 Å². The Morgan fingerprint density at radius 2 is 1.57 bits per heavy atom. The summed E-state index contributed by atoms with van der Waals surface area (Å²) in [6.45, 7) is 0. The lowest BCUT2D eigenvalue weighted by Crippen LogP contribution is -1.94. The highest BCUT2D eigenvalue weighted by Gasteiger charge is 2.17. The highest BCUT2D eigenvalue weighted by atomic mass is 35.5. The van der Waals surface area contributed by atoms with Crippen LogP contribution in [-0.4, -0.2) is 10.9 Å². The number of nitrogens with zero attached hydrogens (tertiary/aromatic N) is 1. The van der Waals surface area contributed by atoms with Crippen LogP contribution >= 0.6 is 11.6 Å². The van der Waals surface area contributed by atoms with Gasteiger partial charge < -0.3 is 4.57 Å². The lowest BCUT2D eigenvalue weighted by Gasteiger charge is -2.10. The van der Waals surface area contributed by atoms with Gasteiger partial charge >= 0.3 is 0 Å². The number of hydrogen-bond donors (Lipinski definition) is 0. The lowest BCUT2D eigenvalue weighted by molar-refractivity contribution is 0.112. The number of fused-ring (bicyclic) bond motifs is 2. The van der Waals surface area contributed by atoms with Gasteiger partial charge in [0.05, 0.1) is 5.69 Å². The third-order valence-corrected chi connectivity index (χ3v) is 4.72. The van der Waals surface area contributed by atoms with Crippen LogP contribution < -0.4 is 0 Å². The Balaban J connectivity index is 2.18. The third kappa shape index (κ3) is 1.99. The first-order valence-corrected chi connectivity index (χ1v) is 7.80. The van der Waals surface area contributed by atoms with Crippen molar-refractivity contribution in [1.82, 2.24) is 4.57 Å². The molecule has 4 rings (SSSR count). The summed E-state index contributed by atoms with van der Waals surface area (Å²) in [6, 6.07) is 19.9. The summed E-state index contributed by atoms with van der Waals surface area (Å²) in [5.41, 5.74) is 3.71. The smallest absolute Gasteiger partial charge is 0.152 e.